The van der Waals surface area contributed by atoms with Crippen molar-refractivity contribution < 1.29 is 9.18 Å². The van der Waals surface area contributed by atoms with Crippen LogP contribution in [0, 0.1) is 5.82 Å². The fraction of sp³-hybridized carbons (Fsp3) is 0.0952. The van der Waals surface area contributed by atoms with Crippen LogP contribution in [0.4, 0.5) is 10.2 Å². The van der Waals surface area contributed by atoms with Crippen LogP contribution < -0.4 is 11.1 Å². The minimum absolute atomic E-state index is 0.186. The van der Waals surface area contributed by atoms with E-state index in [0.717, 1.165) is 27.8 Å². The van der Waals surface area contributed by atoms with Gasteiger partial charge in [0.05, 0.1) is 5.69 Å². The summed E-state index contributed by atoms with van der Waals surface area (Å²) < 4.78 is 13.4. The SMILES string of the molecule is NCCC(=O)Nc1ccc2c(-c3ccncc3)c(-c3ccc(F)cc3)[nH]c2n1. The Morgan fingerprint density at radius 2 is 1.79 bits per heavy atom. The van der Waals surface area contributed by atoms with Gasteiger partial charge in [-0.15, -0.1) is 0 Å². The van der Waals surface area contributed by atoms with Crippen molar-refractivity contribution in [3.63, 3.8) is 0 Å². The van der Waals surface area contributed by atoms with E-state index in [1.165, 1.54) is 12.1 Å². The molecule has 4 rings (SSSR count). The standard InChI is InChI=1S/C21H18FN5O/c22-15-3-1-14(2-4-15)20-19(13-8-11-24-12-9-13)16-5-6-17(26-21(16)27-20)25-18(28)7-10-23/h1-6,8-9,11-12H,7,10,23H2,(H2,25,26,27,28). The predicted octanol–water partition coefficient (Wildman–Crippen LogP) is 3.72. The van der Waals surface area contributed by atoms with Crippen LogP contribution in [0.15, 0.2) is 60.9 Å². The molecule has 4 N–H and O–H groups in total. The van der Waals surface area contributed by atoms with Crippen LogP contribution in [0.1, 0.15) is 6.42 Å². The van der Waals surface area contributed by atoms with Gasteiger partial charge in [-0.2, -0.15) is 0 Å². The topological polar surface area (TPSA) is 96.7 Å². The number of anilines is 1. The summed E-state index contributed by atoms with van der Waals surface area (Å²) in [5.74, 6) is -0.0403. The molecule has 140 valence electrons. The van der Waals surface area contributed by atoms with Crippen LogP contribution in [0.5, 0.6) is 0 Å². The fourth-order valence-corrected chi connectivity index (χ4v) is 3.13. The molecule has 1 aromatic carbocycles. The molecule has 0 spiro atoms. The largest absolute Gasteiger partial charge is 0.339 e. The van der Waals surface area contributed by atoms with Gasteiger partial charge in [-0.1, -0.05) is 0 Å². The number of nitrogens with two attached hydrogens (primary N) is 1. The maximum absolute atomic E-state index is 13.4. The zero-order valence-corrected chi connectivity index (χ0v) is 14.9. The maximum Gasteiger partial charge on any atom is 0.226 e. The molecule has 0 saturated carbocycles. The Balaban J connectivity index is 1.86. The number of carbonyl (C=O) groups excluding carboxylic acids is 1. The summed E-state index contributed by atoms with van der Waals surface area (Å²) in [5, 5.41) is 3.63. The van der Waals surface area contributed by atoms with E-state index >= 15 is 0 Å². The minimum atomic E-state index is -0.298. The number of aromatic amines is 1. The third-order valence-electron chi connectivity index (χ3n) is 4.40. The molecule has 6 nitrogen and oxygen atoms in total. The van der Waals surface area contributed by atoms with Crippen LogP contribution in [0.25, 0.3) is 33.4 Å². The zero-order valence-electron chi connectivity index (χ0n) is 14.9. The lowest BCUT2D eigenvalue weighted by Crippen LogP contribution is -2.16. The van der Waals surface area contributed by atoms with E-state index in [9.17, 15) is 9.18 Å². The molecule has 0 radical (unpaired) electrons. The number of H-pyrrole nitrogens is 1. The van der Waals surface area contributed by atoms with Gasteiger partial charge in [0.15, 0.2) is 0 Å². The number of nitrogens with one attached hydrogen (secondary N) is 2. The normalized spacial score (nSPS) is 10.9. The van der Waals surface area contributed by atoms with Crippen LogP contribution in [-0.2, 0) is 4.79 Å². The van der Waals surface area contributed by atoms with E-state index in [-0.39, 0.29) is 24.7 Å². The van der Waals surface area contributed by atoms with Gasteiger partial charge >= 0.3 is 0 Å². The van der Waals surface area contributed by atoms with Crippen molar-refractivity contribution in [3.05, 3.63) is 66.7 Å². The van der Waals surface area contributed by atoms with Crippen molar-refractivity contribution in [2.75, 3.05) is 11.9 Å². The van der Waals surface area contributed by atoms with E-state index in [2.05, 4.69) is 20.3 Å². The second kappa shape index (κ2) is 7.58. The molecule has 0 bridgehead atoms. The number of pyridine rings is 2. The van der Waals surface area contributed by atoms with Crippen molar-refractivity contribution >= 4 is 22.8 Å². The van der Waals surface area contributed by atoms with E-state index in [1.54, 1.807) is 30.6 Å². The molecule has 1 amide bonds. The highest BCUT2D eigenvalue weighted by Crippen LogP contribution is 2.38. The van der Waals surface area contributed by atoms with E-state index in [1.807, 2.05) is 18.2 Å². The minimum Gasteiger partial charge on any atom is -0.339 e. The number of halogens is 1. The monoisotopic (exact) mass is 375 g/mol. The highest BCUT2D eigenvalue weighted by molar-refractivity contribution is 6.03. The molecule has 0 saturated heterocycles. The molecule has 0 aliphatic rings. The first-order chi connectivity index (χ1) is 13.7. The lowest BCUT2D eigenvalue weighted by Gasteiger charge is -2.06. The highest BCUT2D eigenvalue weighted by Gasteiger charge is 2.17. The van der Waals surface area contributed by atoms with Crippen molar-refractivity contribution in [2.45, 2.75) is 6.42 Å². The third kappa shape index (κ3) is 3.47. The molecular weight excluding hydrogens is 357 g/mol. The second-order valence-corrected chi connectivity index (χ2v) is 6.30. The molecule has 4 aromatic rings. The highest BCUT2D eigenvalue weighted by atomic mass is 19.1. The van der Waals surface area contributed by atoms with Gasteiger partial charge in [-0.3, -0.25) is 9.78 Å². The summed E-state index contributed by atoms with van der Waals surface area (Å²) in [6.07, 6.45) is 3.67. The number of hydrogen-bond donors (Lipinski definition) is 3. The van der Waals surface area contributed by atoms with Crippen molar-refractivity contribution in [2.24, 2.45) is 5.73 Å². The van der Waals surface area contributed by atoms with Gasteiger partial charge in [0, 0.05) is 36.3 Å². The van der Waals surface area contributed by atoms with Crippen molar-refractivity contribution in [3.8, 4) is 22.4 Å². The van der Waals surface area contributed by atoms with Crippen LogP contribution in [-0.4, -0.2) is 27.4 Å². The second-order valence-electron chi connectivity index (χ2n) is 6.30. The zero-order chi connectivity index (χ0) is 19.5. The van der Waals surface area contributed by atoms with Gasteiger partial charge in [0.2, 0.25) is 5.91 Å². The molecule has 28 heavy (non-hydrogen) atoms. The molecule has 0 aliphatic heterocycles. The Morgan fingerprint density at radius 1 is 1.04 bits per heavy atom. The predicted molar refractivity (Wildman–Crippen MR) is 107 cm³/mol. The molecular formula is C21H18FN5O. The smallest absolute Gasteiger partial charge is 0.226 e. The van der Waals surface area contributed by atoms with Crippen LogP contribution >= 0.6 is 0 Å². The van der Waals surface area contributed by atoms with E-state index in [4.69, 9.17) is 5.73 Å². The van der Waals surface area contributed by atoms with E-state index in [0.29, 0.717) is 11.5 Å². The summed E-state index contributed by atoms with van der Waals surface area (Å²) in [6.45, 7) is 0.275. The average Bonchev–Trinajstić information content (AvgIpc) is 3.08. The fourth-order valence-electron chi connectivity index (χ4n) is 3.13. The molecule has 7 heteroatoms. The number of amides is 1. The maximum atomic E-state index is 13.4. The van der Waals surface area contributed by atoms with Crippen molar-refractivity contribution in [1.82, 2.24) is 15.0 Å². The first kappa shape index (κ1) is 17.8. The summed E-state index contributed by atoms with van der Waals surface area (Å²) in [6, 6.07) is 13.7. The molecule has 0 aliphatic carbocycles. The van der Waals surface area contributed by atoms with Gasteiger partial charge in [-0.25, -0.2) is 9.37 Å². The summed E-state index contributed by atoms with van der Waals surface area (Å²) in [4.78, 5) is 23.7. The van der Waals surface area contributed by atoms with Gasteiger partial charge < -0.3 is 16.0 Å². The number of benzene rings is 1. The Labute approximate surface area is 160 Å². The van der Waals surface area contributed by atoms with Crippen molar-refractivity contribution in [1.29, 1.82) is 0 Å². The third-order valence-corrected chi connectivity index (χ3v) is 4.40. The Morgan fingerprint density at radius 3 is 2.50 bits per heavy atom. The Kier molecular flexibility index (Phi) is 4.82. The molecule has 0 fully saturated rings. The van der Waals surface area contributed by atoms with Crippen LogP contribution in [0.3, 0.4) is 0 Å². The number of hydrogen-bond acceptors (Lipinski definition) is 4. The molecule has 3 aromatic heterocycles. The van der Waals surface area contributed by atoms with E-state index < -0.39 is 0 Å². The van der Waals surface area contributed by atoms with Gasteiger partial charge in [0.1, 0.15) is 17.3 Å². The number of nitrogens with zero attached hydrogens (tertiary/aromatic N) is 2. The Hall–Kier alpha value is -3.58. The number of aromatic nitrogens is 3. The van der Waals surface area contributed by atoms with Gasteiger partial charge in [-0.05, 0) is 59.7 Å². The lowest BCUT2D eigenvalue weighted by atomic mass is 10.00. The Bertz CT molecular complexity index is 1120. The van der Waals surface area contributed by atoms with Gasteiger partial charge in [0.25, 0.3) is 0 Å². The number of fused-ring (bicyclic) bond motifs is 1. The summed E-state index contributed by atoms with van der Waals surface area (Å²) >= 11 is 0. The summed E-state index contributed by atoms with van der Waals surface area (Å²) in [5.41, 5.74) is 9.59. The lowest BCUT2D eigenvalue weighted by molar-refractivity contribution is -0.116. The van der Waals surface area contributed by atoms with Crippen LogP contribution in [0.2, 0.25) is 0 Å². The number of rotatable bonds is 5. The first-order valence-corrected chi connectivity index (χ1v) is 8.84. The molecule has 0 unspecified atom stereocenters. The quantitative estimate of drug-likeness (QED) is 0.495. The molecule has 0 atom stereocenters. The number of carbonyl (C=O) groups is 1. The average molecular weight is 375 g/mol. The first-order valence-electron chi connectivity index (χ1n) is 8.84. The molecule has 3 heterocycles. The summed E-state index contributed by atoms with van der Waals surface area (Å²) in [7, 11) is 0.